The van der Waals surface area contributed by atoms with E-state index in [0.29, 0.717) is 17.1 Å². The Bertz CT molecular complexity index is 567. The minimum Gasteiger partial charge on any atom is -0.375 e. The van der Waals surface area contributed by atoms with Crippen LogP contribution in [0.15, 0.2) is 34.2 Å². The molecule has 0 aliphatic heterocycles. The average Bonchev–Trinajstić information content (AvgIpc) is 3.12. The zero-order chi connectivity index (χ0) is 13.9. The topological polar surface area (TPSA) is 24.9 Å². The quantitative estimate of drug-likeness (QED) is 0.676. The smallest absolute Gasteiger partial charge is 0.152 e. The van der Waals surface area contributed by atoms with Crippen molar-refractivity contribution in [3.8, 4) is 0 Å². The molecule has 2 nitrogen and oxygen atoms in total. The van der Waals surface area contributed by atoms with Gasteiger partial charge >= 0.3 is 0 Å². The van der Waals surface area contributed by atoms with Crippen LogP contribution >= 0.6 is 38.9 Å². The molecule has 3 rings (SSSR count). The van der Waals surface area contributed by atoms with E-state index >= 15 is 0 Å². The molecule has 5 heteroatoms. The Morgan fingerprint density at radius 2 is 2.20 bits per heavy atom. The zero-order valence-electron chi connectivity index (χ0n) is 11.0. The van der Waals surface area contributed by atoms with E-state index in [1.165, 1.54) is 30.6 Å². The van der Waals surface area contributed by atoms with Crippen LogP contribution in [-0.2, 0) is 0 Å². The lowest BCUT2D eigenvalue weighted by Crippen LogP contribution is -2.18. The first-order valence-electron chi connectivity index (χ1n) is 6.85. The van der Waals surface area contributed by atoms with Gasteiger partial charge in [-0.1, -0.05) is 30.5 Å². The lowest BCUT2D eigenvalue weighted by atomic mass is 9.96. The number of hydrogen-bond acceptors (Lipinski definition) is 3. The highest BCUT2D eigenvalue weighted by Gasteiger charge is 2.27. The third-order valence-electron chi connectivity index (χ3n) is 3.84. The second-order valence-corrected chi connectivity index (χ2v) is 7.43. The first-order valence-corrected chi connectivity index (χ1v) is 8.90. The van der Waals surface area contributed by atoms with Gasteiger partial charge in [-0.25, -0.2) is 4.98 Å². The second kappa shape index (κ2) is 6.46. The van der Waals surface area contributed by atoms with Crippen LogP contribution in [0.3, 0.4) is 0 Å². The van der Waals surface area contributed by atoms with Gasteiger partial charge in [-0.2, -0.15) is 0 Å². The Labute approximate surface area is 136 Å². The average molecular weight is 372 g/mol. The number of aromatic nitrogens is 1. The van der Waals surface area contributed by atoms with Gasteiger partial charge in [0.25, 0.3) is 0 Å². The van der Waals surface area contributed by atoms with Gasteiger partial charge in [-0.05, 0) is 52.2 Å². The first kappa shape index (κ1) is 14.4. The largest absolute Gasteiger partial charge is 0.375 e. The molecule has 0 aromatic carbocycles. The van der Waals surface area contributed by atoms with Crippen molar-refractivity contribution >= 4 is 44.6 Å². The van der Waals surface area contributed by atoms with Crippen molar-refractivity contribution in [2.75, 3.05) is 5.32 Å². The fourth-order valence-electron chi connectivity index (χ4n) is 2.87. The number of nitrogens with zero attached hydrogens (tertiary/aromatic N) is 1. The van der Waals surface area contributed by atoms with Crippen LogP contribution in [0.25, 0.3) is 0 Å². The summed E-state index contributed by atoms with van der Waals surface area (Å²) in [5.41, 5.74) is 0.909. The van der Waals surface area contributed by atoms with Gasteiger partial charge in [-0.15, -0.1) is 11.3 Å². The number of anilines is 1. The maximum atomic E-state index is 6.22. The van der Waals surface area contributed by atoms with E-state index in [4.69, 9.17) is 11.6 Å². The van der Waals surface area contributed by atoms with Crippen LogP contribution in [0.5, 0.6) is 0 Å². The van der Waals surface area contributed by atoms with E-state index in [2.05, 4.69) is 43.7 Å². The predicted molar refractivity (Wildman–Crippen MR) is 89.6 cm³/mol. The summed E-state index contributed by atoms with van der Waals surface area (Å²) in [5.74, 6) is 0.684. The van der Waals surface area contributed by atoms with Gasteiger partial charge in [0.15, 0.2) is 5.15 Å². The summed E-state index contributed by atoms with van der Waals surface area (Å²) in [6.07, 6.45) is 6.96. The van der Waals surface area contributed by atoms with Crippen molar-refractivity contribution in [2.45, 2.75) is 31.7 Å². The molecule has 2 heterocycles. The standard InChI is InChI=1S/C15H16BrClN2S/c16-11-8-12(15(17)18-9-11)19-14(10-4-1-2-5-10)13-6-3-7-20-13/h3,6-10,14,19H,1-2,4-5H2. The van der Waals surface area contributed by atoms with Crippen molar-refractivity contribution in [3.63, 3.8) is 0 Å². The van der Waals surface area contributed by atoms with Crippen LogP contribution in [0.1, 0.15) is 36.6 Å². The number of pyridine rings is 1. The molecule has 1 fully saturated rings. The minimum absolute atomic E-state index is 0.339. The zero-order valence-corrected chi connectivity index (χ0v) is 14.1. The van der Waals surface area contributed by atoms with Crippen LogP contribution in [0.4, 0.5) is 5.69 Å². The molecule has 0 spiro atoms. The number of hydrogen-bond donors (Lipinski definition) is 1. The molecule has 0 bridgehead atoms. The number of rotatable bonds is 4. The van der Waals surface area contributed by atoms with Crippen LogP contribution in [-0.4, -0.2) is 4.98 Å². The molecule has 0 saturated heterocycles. The molecule has 0 radical (unpaired) electrons. The lowest BCUT2D eigenvalue weighted by Gasteiger charge is -2.25. The summed E-state index contributed by atoms with van der Waals surface area (Å²) in [6, 6.07) is 6.67. The third-order valence-corrected chi connectivity index (χ3v) is 5.53. The molecule has 20 heavy (non-hydrogen) atoms. The Morgan fingerprint density at radius 3 is 2.90 bits per heavy atom. The van der Waals surface area contributed by atoms with E-state index in [0.717, 1.165) is 10.2 Å². The number of nitrogens with one attached hydrogen (secondary N) is 1. The molecule has 1 atom stereocenters. The van der Waals surface area contributed by atoms with Crippen molar-refractivity contribution in [1.29, 1.82) is 0 Å². The molecule has 1 unspecified atom stereocenters. The molecule has 2 aromatic rings. The van der Waals surface area contributed by atoms with Crippen molar-refractivity contribution in [2.24, 2.45) is 5.92 Å². The number of halogens is 2. The fraction of sp³-hybridized carbons (Fsp3) is 0.400. The molecule has 0 amide bonds. The summed E-state index contributed by atoms with van der Waals surface area (Å²) in [6.45, 7) is 0. The third kappa shape index (κ3) is 3.18. The Kier molecular flexibility index (Phi) is 4.64. The first-order chi connectivity index (χ1) is 9.74. The molecule has 1 N–H and O–H groups in total. The SMILES string of the molecule is Clc1ncc(Br)cc1NC(c1cccs1)C1CCCC1. The molecule has 1 aliphatic rings. The normalized spacial score (nSPS) is 17.3. The van der Waals surface area contributed by atoms with Crippen molar-refractivity contribution in [1.82, 2.24) is 4.98 Å². The second-order valence-electron chi connectivity index (χ2n) is 5.17. The van der Waals surface area contributed by atoms with Crippen LogP contribution in [0, 0.1) is 5.92 Å². The highest BCUT2D eigenvalue weighted by atomic mass is 79.9. The van der Waals surface area contributed by atoms with E-state index in [9.17, 15) is 0 Å². The van der Waals surface area contributed by atoms with Gasteiger partial charge in [0.05, 0.1) is 11.7 Å². The molecule has 1 aliphatic carbocycles. The van der Waals surface area contributed by atoms with Gasteiger partial charge in [-0.3, -0.25) is 0 Å². The van der Waals surface area contributed by atoms with Gasteiger partial charge < -0.3 is 5.32 Å². The maximum absolute atomic E-state index is 6.22. The van der Waals surface area contributed by atoms with Gasteiger partial charge in [0.1, 0.15) is 0 Å². The lowest BCUT2D eigenvalue weighted by molar-refractivity contribution is 0.475. The summed E-state index contributed by atoms with van der Waals surface area (Å²) in [5, 5.41) is 6.29. The van der Waals surface area contributed by atoms with Gasteiger partial charge in [0.2, 0.25) is 0 Å². The van der Waals surface area contributed by atoms with E-state index < -0.39 is 0 Å². The van der Waals surface area contributed by atoms with E-state index in [1.54, 1.807) is 6.20 Å². The van der Waals surface area contributed by atoms with E-state index in [1.807, 2.05) is 17.4 Å². The maximum Gasteiger partial charge on any atom is 0.152 e. The van der Waals surface area contributed by atoms with Crippen molar-refractivity contribution in [3.05, 3.63) is 44.3 Å². The van der Waals surface area contributed by atoms with Crippen molar-refractivity contribution < 1.29 is 0 Å². The Hall–Kier alpha value is -0.580. The minimum atomic E-state index is 0.339. The summed E-state index contributed by atoms with van der Waals surface area (Å²) in [7, 11) is 0. The highest BCUT2D eigenvalue weighted by Crippen LogP contribution is 2.40. The van der Waals surface area contributed by atoms with Gasteiger partial charge in [0, 0.05) is 15.5 Å². The van der Waals surface area contributed by atoms with E-state index in [-0.39, 0.29) is 0 Å². The predicted octanol–water partition coefficient (Wildman–Crippen LogP) is 5.90. The molecule has 1 saturated carbocycles. The highest BCUT2D eigenvalue weighted by molar-refractivity contribution is 9.10. The summed E-state index contributed by atoms with van der Waals surface area (Å²) in [4.78, 5) is 5.58. The molecule has 106 valence electrons. The molecular formula is C15H16BrClN2S. The number of thiophene rings is 1. The van der Waals surface area contributed by atoms with Crippen LogP contribution in [0.2, 0.25) is 5.15 Å². The Morgan fingerprint density at radius 1 is 1.40 bits per heavy atom. The molecule has 2 aromatic heterocycles. The monoisotopic (exact) mass is 370 g/mol. The Balaban J connectivity index is 1.88. The summed E-state index contributed by atoms with van der Waals surface area (Å²) < 4.78 is 0.945. The summed E-state index contributed by atoms with van der Waals surface area (Å²) >= 11 is 11.5. The molecular weight excluding hydrogens is 356 g/mol. The van der Waals surface area contributed by atoms with Crippen LogP contribution < -0.4 is 5.32 Å². The fourth-order valence-corrected chi connectivity index (χ4v) is 4.23.